The summed E-state index contributed by atoms with van der Waals surface area (Å²) in [7, 11) is 0. The van der Waals surface area contributed by atoms with Gasteiger partial charge in [-0.2, -0.15) is 0 Å². The Hall–Kier alpha value is -0.810. The van der Waals surface area contributed by atoms with Crippen LogP contribution in [0, 0.1) is 0 Å². The fraction of sp³-hybridized carbons (Fsp3) is 0.143. The normalized spacial score (nSPS) is 14.7. The van der Waals surface area contributed by atoms with Crippen LogP contribution in [0.3, 0.4) is 0 Å². The standard InChI is InChI=1S/C7H5N3S2/c1-4-6(8-2-11-4)10-7-5(1)12-3-9-7/h1-2H,3H2,(H,9,10). The van der Waals surface area contributed by atoms with Crippen LogP contribution in [0.1, 0.15) is 0 Å². The molecular weight excluding hydrogens is 190 g/mol. The van der Waals surface area contributed by atoms with E-state index in [9.17, 15) is 0 Å². The molecule has 0 atom stereocenters. The molecule has 1 aliphatic rings. The van der Waals surface area contributed by atoms with Gasteiger partial charge in [0, 0.05) is 0 Å². The molecular formula is C7H5N3S2. The van der Waals surface area contributed by atoms with E-state index in [0.717, 1.165) is 17.3 Å². The molecule has 0 bridgehead atoms. The van der Waals surface area contributed by atoms with Crippen molar-refractivity contribution in [2.45, 2.75) is 4.90 Å². The lowest BCUT2D eigenvalue weighted by atomic mass is 10.4. The van der Waals surface area contributed by atoms with Gasteiger partial charge in [0.2, 0.25) is 0 Å². The Labute approximate surface area is 77.2 Å². The molecule has 0 amide bonds. The van der Waals surface area contributed by atoms with Crippen LogP contribution in [0.15, 0.2) is 16.5 Å². The van der Waals surface area contributed by atoms with Crippen molar-refractivity contribution in [2.75, 3.05) is 11.2 Å². The van der Waals surface area contributed by atoms with E-state index in [1.165, 1.54) is 9.60 Å². The monoisotopic (exact) mass is 195 g/mol. The SMILES string of the molecule is c1nc2nc3c(cc2s1)SCN3. The molecule has 60 valence electrons. The van der Waals surface area contributed by atoms with Gasteiger partial charge in [0.25, 0.3) is 0 Å². The van der Waals surface area contributed by atoms with Gasteiger partial charge in [0.1, 0.15) is 5.82 Å². The van der Waals surface area contributed by atoms with Crippen molar-refractivity contribution in [1.29, 1.82) is 0 Å². The molecule has 0 radical (unpaired) electrons. The first kappa shape index (κ1) is 6.68. The Morgan fingerprint density at radius 3 is 3.50 bits per heavy atom. The van der Waals surface area contributed by atoms with Crippen LogP contribution in [0.25, 0.3) is 10.3 Å². The fourth-order valence-corrected chi connectivity index (χ4v) is 2.75. The van der Waals surface area contributed by atoms with Crippen LogP contribution in [0.4, 0.5) is 5.82 Å². The highest BCUT2D eigenvalue weighted by Crippen LogP contribution is 2.34. The third kappa shape index (κ3) is 0.834. The van der Waals surface area contributed by atoms with Crippen LogP contribution >= 0.6 is 23.1 Å². The molecule has 3 nitrogen and oxygen atoms in total. The zero-order valence-corrected chi connectivity index (χ0v) is 7.71. The fourth-order valence-electron chi connectivity index (χ4n) is 1.20. The predicted molar refractivity (Wildman–Crippen MR) is 51.8 cm³/mol. The summed E-state index contributed by atoms with van der Waals surface area (Å²) in [4.78, 5) is 9.78. The van der Waals surface area contributed by atoms with Crippen molar-refractivity contribution in [3.8, 4) is 0 Å². The van der Waals surface area contributed by atoms with E-state index in [1.54, 1.807) is 23.1 Å². The zero-order valence-electron chi connectivity index (χ0n) is 6.07. The Bertz CT molecular complexity index is 399. The van der Waals surface area contributed by atoms with E-state index in [-0.39, 0.29) is 0 Å². The number of pyridine rings is 1. The van der Waals surface area contributed by atoms with Crippen LogP contribution in [0.5, 0.6) is 0 Å². The molecule has 3 heterocycles. The molecule has 0 aromatic carbocycles. The average molecular weight is 195 g/mol. The van der Waals surface area contributed by atoms with Crippen molar-refractivity contribution >= 4 is 39.3 Å². The van der Waals surface area contributed by atoms with Crippen LogP contribution in [-0.4, -0.2) is 15.8 Å². The molecule has 0 spiro atoms. The smallest absolute Gasteiger partial charge is 0.172 e. The summed E-state index contributed by atoms with van der Waals surface area (Å²) in [5.41, 5.74) is 2.69. The molecule has 0 fully saturated rings. The Balaban J connectivity index is 2.38. The maximum absolute atomic E-state index is 4.38. The van der Waals surface area contributed by atoms with Crippen molar-refractivity contribution in [1.82, 2.24) is 9.97 Å². The lowest BCUT2D eigenvalue weighted by molar-refractivity contribution is 1.25. The first-order valence-electron chi connectivity index (χ1n) is 3.54. The Morgan fingerprint density at radius 2 is 2.50 bits per heavy atom. The molecule has 0 saturated carbocycles. The van der Waals surface area contributed by atoms with Gasteiger partial charge in [-0.3, -0.25) is 0 Å². The first-order chi connectivity index (χ1) is 5.93. The van der Waals surface area contributed by atoms with Crippen molar-refractivity contribution in [3.63, 3.8) is 0 Å². The number of nitrogens with zero attached hydrogens (tertiary/aromatic N) is 2. The highest BCUT2D eigenvalue weighted by Gasteiger charge is 2.13. The Morgan fingerprint density at radius 1 is 1.50 bits per heavy atom. The minimum absolute atomic E-state index is 0.855. The lowest BCUT2D eigenvalue weighted by Gasteiger charge is -1.94. The lowest BCUT2D eigenvalue weighted by Crippen LogP contribution is -1.91. The summed E-state index contributed by atoms with van der Waals surface area (Å²) in [6, 6.07) is 2.15. The summed E-state index contributed by atoms with van der Waals surface area (Å²) in [5.74, 6) is 1.91. The quantitative estimate of drug-likeness (QED) is 0.699. The van der Waals surface area contributed by atoms with Gasteiger partial charge in [0.05, 0.1) is 21.0 Å². The van der Waals surface area contributed by atoms with Gasteiger partial charge in [-0.1, -0.05) is 0 Å². The van der Waals surface area contributed by atoms with Crippen LogP contribution < -0.4 is 5.32 Å². The summed E-state index contributed by atoms with van der Waals surface area (Å²) >= 11 is 3.43. The van der Waals surface area contributed by atoms with Gasteiger partial charge in [0.15, 0.2) is 5.65 Å². The second-order valence-electron chi connectivity index (χ2n) is 2.47. The van der Waals surface area contributed by atoms with Crippen molar-refractivity contribution in [2.24, 2.45) is 0 Å². The maximum atomic E-state index is 4.38. The summed E-state index contributed by atoms with van der Waals surface area (Å²) < 4.78 is 1.17. The molecule has 0 saturated heterocycles. The van der Waals surface area contributed by atoms with E-state index in [1.807, 2.05) is 5.51 Å². The molecule has 12 heavy (non-hydrogen) atoms. The van der Waals surface area contributed by atoms with E-state index in [2.05, 4.69) is 21.4 Å². The van der Waals surface area contributed by atoms with Gasteiger partial charge in [-0.25, -0.2) is 9.97 Å². The number of anilines is 1. The van der Waals surface area contributed by atoms with Gasteiger partial charge >= 0.3 is 0 Å². The maximum Gasteiger partial charge on any atom is 0.172 e. The highest BCUT2D eigenvalue weighted by atomic mass is 32.2. The van der Waals surface area contributed by atoms with Gasteiger partial charge in [-0.05, 0) is 6.07 Å². The molecule has 3 rings (SSSR count). The summed E-state index contributed by atoms with van der Waals surface area (Å²) in [6.07, 6.45) is 0. The second kappa shape index (κ2) is 2.34. The van der Waals surface area contributed by atoms with E-state index >= 15 is 0 Å². The largest absolute Gasteiger partial charge is 0.360 e. The minimum Gasteiger partial charge on any atom is -0.360 e. The molecule has 1 aliphatic heterocycles. The second-order valence-corrected chi connectivity index (χ2v) is 4.38. The number of fused-ring (bicyclic) bond motifs is 2. The number of thiazole rings is 1. The minimum atomic E-state index is 0.855. The van der Waals surface area contributed by atoms with Gasteiger partial charge < -0.3 is 5.32 Å². The number of rotatable bonds is 0. The van der Waals surface area contributed by atoms with E-state index < -0.39 is 0 Å². The molecule has 2 aromatic heterocycles. The topological polar surface area (TPSA) is 37.8 Å². The molecule has 0 aliphatic carbocycles. The number of nitrogens with one attached hydrogen (secondary N) is 1. The first-order valence-corrected chi connectivity index (χ1v) is 5.41. The molecule has 2 aromatic rings. The van der Waals surface area contributed by atoms with E-state index in [4.69, 9.17) is 0 Å². The summed E-state index contributed by atoms with van der Waals surface area (Å²) in [5, 5.41) is 3.20. The van der Waals surface area contributed by atoms with Crippen molar-refractivity contribution in [3.05, 3.63) is 11.6 Å². The van der Waals surface area contributed by atoms with Crippen molar-refractivity contribution < 1.29 is 0 Å². The van der Waals surface area contributed by atoms with Gasteiger partial charge in [-0.15, -0.1) is 23.1 Å². The number of hydrogen-bond donors (Lipinski definition) is 1. The number of hydrogen-bond acceptors (Lipinski definition) is 5. The van der Waals surface area contributed by atoms with Crippen LogP contribution in [-0.2, 0) is 0 Å². The summed E-state index contributed by atoms with van der Waals surface area (Å²) in [6.45, 7) is 0. The number of aromatic nitrogens is 2. The average Bonchev–Trinajstić information content (AvgIpc) is 2.64. The predicted octanol–water partition coefficient (Wildman–Crippen LogP) is 2.17. The number of thioether (sulfide) groups is 1. The molecule has 1 N–H and O–H groups in total. The highest BCUT2D eigenvalue weighted by molar-refractivity contribution is 7.99. The third-order valence-corrected chi connectivity index (χ3v) is 3.43. The Kier molecular flexibility index (Phi) is 1.30. The third-order valence-electron chi connectivity index (χ3n) is 1.76. The molecule has 5 heteroatoms. The zero-order chi connectivity index (χ0) is 7.97. The molecule has 0 unspecified atom stereocenters. The van der Waals surface area contributed by atoms with E-state index in [0.29, 0.717) is 0 Å². The van der Waals surface area contributed by atoms with Crippen LogP contribution in [0.2, 0.25) is 0 Å².